The first-order valence-electron chi connectivity index (χ1n) is 5.51. The Hall–Kier alpha value is -0.570. The number of hydrogen-bond donors (Lipinski definition) is 2. The molecule has 0 amide bonds. The summed E-state index contributed by atoms with van der Waals surface area (Å²) >= 11 is 0. The number of nitrogens with two attached hydrogens (primary N) is 1. The molecule has 3 nitrogen and oxygen atoms in total. The molecule has 0 aliphatic heterocycles. The number of carboxylic acids is 1. The van der Waals surface area contributed by atoms with Crippen LogP contribution in [-0.2, 0) is 4.79 Å². The maximum atomic E-state index is 10.8. The number of aliphatic carboxylic acids is 1. The highest BCUT2D eigenvalue weighted by atomic mass is 16.4. The minimum atomic E-state index is -0.705. The highest BCUT2D eigenvalue weighted by Crippen LogP contribution is 2.55. The smallest absolute Gasteiger partial charge is 0.303 e. The van der Waals surface area contributed by atoms with E-state index >= 15 is 0 Å². The van der Waals surface area contributed by atoms with E-state index in [9.17, 15) is 4.79 Å². The molecular formula is C11H21NO2. The summed E-state index contributed by atoms with van der Waals surface area (Å²) < 4.78 is 0. The fourth-order valence-corrected chi connectivity index (χ4v) is 3.16. The molecule has 3 heteroatoms. The molecule has 82 valence electrons. The van der Waals surface area contributed by atoms with Crippen molar-refractivity contribution in [3.8, 4) is 0 Å². The molecule has 0 bridgehead atoms. The number of carbonyl (C=O) groups is 1. The number of hydrogen-bond acceptors (Lipinski definition) is 2. The Morgan fingerprint density at radius 1 is 1.50 bits per heavy atom. The normalized spacial score (nSPS) is 36.5. The standard InChI is InChI=1S/C11H21NO2/c1-3-8-5-11(7-12,6-10(13)14)9(8)4-2/h8-9H,3-7,12H2,1-2H3,(H,13,14)/t8-,9-,11?/m1/s1. The van der Waals surface area contributed by atoms with Gasteiger partial charge in [0.1, 0.15) is 0 Å². The van der Waals surface area contributed by atoms with Gasteiger partial charge in [-0.1, -0.05) is 26.7 Å². The highest BCUT2D eigenvalue weighted by Gasteiger charge is 2.51. The van der Waals surface area contributed by atoms with E-state index in [1.807, 2.05) is 0 Å². The van der Waals surface area contributed by atoms with Gasteiger partial charge in [-0.05, 0) is 30.2 Å². The Morgan fingerprint density at radius 2 is 2.14 bits per heavy atom. The maximum absolute atomic E-state index is 10.8. The monoisotopic (exact) mass is 199 g/mol. The van der Waals surface area contributed by atoms with Crippen LogP contribution in [0.5, 0.6) is 0 Å². The van der Waals surface area contributed by atoms with Crippen LogP contribution in [0.15, 0.2) is 0 Å². The molecule has 0 spiro atoms. The van der Waals surface area contributed by atoms with E-state index in [1.165, 1.54) is 0 Å². The summed E-state index contributed by atoms with van der Waals surface area (Å²) in [6, 6.07) is 0. The van der Waals surface area contributed by atoms with Crippen LogP contribution in [0.25, 0.3) is 0 Å². The van der Waals surface area contributed by atoms with Crippen molar-refractivity contribution < 1.29 is 9.90 Å². The first-order valence-corrected chi connectivity index (χ1v) is 5.51. The molecule has 1 rings (SSSR count). The van der Waals surface area contributed by atoms with Gasteiger partial charge in [-0.3, -0.25) is 4.79 Å². The Labute approximate surface area is 85.7 Å². The lowest BCUT2D eigenvalue weighted by atomic mass is 9.51. The Morgan fingerprint density at radius 3 is 2.50 bits per heavy atom. The van der Waals surface area contributed by atoms with Crippen molar-refractivity contribution in [1.82, 2.24) is 0 Å². The molecule has 1 fully saturated rings. The SMILES string of the molecule is CC[C@@H]1CC(CN)(CC(=O)O)[C@@H]1CC. The largest absolute Gasteiger partial charge is 0.481 e. The van der Waals surface area contributed by atoms with E-state index in [4.69, 9.17) is 10.8 Å². The van der Waals surface area contributed by atoms with Crippen molar-refractivity contribution in [2.75, 3.05) is 6.54 Å². The zero-order valence-electron chi connectivity index (χ0n) is 9.12. The van der Waals surface area contributed by atoms with Gasteiger partial charge in [0.15, 0.2) is 0 Å². The molecule has 1 unspecified atom stereocenters. The van der Waals surface area contributed by atoms with Crippen molar-refractivity contribution in [2.45, 2.75) is 39.5 Å². The third-order valence-corrected chi connectivity index (χ3v) is 3.90. The lowest BCUT2D eigenvalue weighted by Gasteiger charge is -2.54. The van der Waals surface area contributed by atoms with Gasteiger partial charge >= 0.3 is 5.97 Å². The molecule has 0 heterocycles. The van der Waals surface area contributed by atoms with E-state index in [2.05, 4.69) is 13.8 Å². The molecule has 0 radical (unpaired) electrons. The lowest BCUT2D eigenvalue weighted by Crippen LogP contribution is -2.53. The predicted octanol–water partition coefficient (Wildman–Crippen LogP) is 1.86. The first kappa shape index (κ1) is 11.5. The molecule has 0 saturated heterocycles. The van der Waals surface area contributed by atoms with E-state index in [0.29, 0.717) is 18.4 Å². The van der Waals surface area contributed by atoms with Crippen molar-refractivity contribution in [3.63, 3.8) is 0 Å². The minimum absolute atomic E-state index is 0.0960. The summed E-state index contributed by atoms with van der Waals surface area (Å²) in [7, 11) is 0. The van der Waals surface area contributed by atoms with Crippen molar-refractivity contribution in [1.29, 1.82) is 0 Å². The average Bonchev–Trinajstić information content (AvgIpc) is 2.11. The van der Waals surface area contributed by atoms with Crippen LogP contribution in [0.1, 0.15) is 39.5 Å². The fraction of sp³-hybridized carbons (Fsp3) is 0.909. The predicted molar refractivity (Wildman–Crippen MR) is 55.9 cm³/mol. The molecular weight excluding hydrogens is 178 g/mol. The molecule has 14 heavy (non-hydrogen) atoms. The molecule has 0 aromatic heterocycles. The van der Waals surface area contributed by atoms with Gasteiger partial charge in [0, 0.05) is 0 Å². The number of carboxylic acid groups (broad SMARTS) is 1. The van der Waals surface area contributed by atoms with Crippen LogP contribution >= 0.6 is 0 Å². The van der Waals surface area contributed by atoms with E-state index < -0.39 is 5.97 Å². The molecule has 3 N–H and O–H groups in total. The quantitative estimate of drug-likeness (QED) is 0.710. The van der Waals surface area contributed by atoms with Crippen LogP contribution in [-0.4, -0.2) is 17.6 Å². The van der Waals surface area contributed by atoms with Gasteiger partial charge in [-0.15, -0.1) is 0 Å². The molecule has 1 aliphatic rings. The lowest BCUT2D eigenvalue weighted by molar-refractivity contribution is -0.146. The third-order valence-electron chi connectivity index (χ3n) is 3.90. The summed E-state index contributed by atoms with van der Waals surface area (Å²) in [5, 5.41) is 8.86. The molecule has 0 aromatic carbocycles. The van der Waals surface area contributed by atoms with Crippen LogP contribution in [0.4, 0.5) is 0 Å². The second-order valence-corrected chi connectivity index (χ2v) is 4.52. The summed E-state index contributed by atoms with van der Waals surface area (Å²) in [5.41, 5.74) is 5.64. The Bertz CT molecular complexity index is 217. The van der Waals surface area contributed by atoms with Gasteiger partial charge in [0.2, 0.25) is 0 Å². The number of rotatable bonds is 5. The van der Waals surface area contributed by atoms with Gasteiger partial charge in [0.05, 0.1) is 6.42 Å². The zero-order valence-corrected chi connectivity index (χ0v) is 9.12. The zero-order chi connectivity index (χ0) is 10.8. The molecule has 0 aromatic rings. The van der Waals surface area contributed by atoms with E-state index in [0.717, 1.165) is 19.3 Å². The van der Waals surface area contributed by atoms with Gasteiger partial charge in [0.25, 0.3) is 0 Å². The summed E-state index contributed by atoms with van der Waals surface area (Å²) in [4.78, 5) is 10.8. The van der Waals surface area contributed by atoms with Crippen molar-refractivity contribution in [3.05, 3.63) is 0 Å². The summed E-state index contributed by atoms with van der Waals surface area (Å²) in [6.07, 6.45) is 3.46. The van der Waals surface area contributed by atoms with E-state index in [1.54, 1.807) is 0 Å². The molecule has 1 saturated carbocycles. The topological polar surface area (TPSA) is 63.3 Å². The van der Waals surface area contributed by atoms with Crippen molar-refractivity contribution in [2.24, 2.45) is 23.0 Å². The first-order chi connectivity index (χ1) is 6.59. The summed E-state index contributed by atoms with van der Waals surface area (Å²) in [6.45, 7) is 4.83. The fourth-order valence-electron chi connectivity index (χ4n) is 3.16. The van der Waals surface area contributed by atoms with Gasteiger partial charge in [-0.2, -0.15) is 0 Å². The highest BCUT2D eigenvalue weighted by molar-refractivity contribution is 5.68. The van der Waals surface area contributed by atoms with Gasteiger partial charge in [-0.25, -0.2) is 0 Å². The maximum Gasteiger partial charge on any atom is 0.303 e. The second-order valence-electron chi connectivity index (χ2n) is 4.52. The Balaban J connectivity index is 2.67. The minimum Gasteiger partial charge on any atom is -0.481 e. The van der Waals surface area contributed by atoms with Crippen LogP contribution in [0, 0.1) is 17.3 Å². The van der Waals surface area contributed by atoms with Gasteiger partial charge < -0.3 is 10.8 Å². The summed E-state index contributed by atoms with van der Waals surface area (Å²) in [5.74, 6) is 0.514. The van der Waals surface area contributed by atoms with Crippen LogP contribution in [0.2, 0.25) is 0 Å². The third kappa shape index (κ3) is 1.78. The second kappa shape index (κ2) is 4.30. The average molecular weight is 199 g/mol. The van der Waals surface area contributed by atoms with Crippen LogP contribution < -0.4 is 5.73 Å². The molecule has 3 atom stereocenters. The Kier molecular flexibility index (Phi) is 3.53. The van der Waals surface area contributed by atoms with Crippen molar-refractivity contribution >= 4 is 5.97 Å². The van der Waals surface area contributed by atoms with E-state index in [-0.39, 0.29) is 11.8 Å². The molecule has 1 aliphatic carbocycles. The van der Waals surface area contributed by atoms with Crippen LogP contribution in [0.3, 0.4) is 0 Å².